The molecule has 0 atom stereocenters. The highest BCUT2D eigenvalue weighted by atomic mass is 35.5. The van der Waals surface area contributed by atoms with Crippen molar-refractivity contribution in [3.8, 4) is 11.9 Å². The lowest BCUT2D eigenvalue weighted by Crippen LogP contribution is -2.10. The summed E-state index contributed by atoms with van der Waals surface area (Å²) in [4.78, 5) is 16.3. The van der Waals surface area contributed by atoms with Crippen LogP contribution in [0.3, 0.4) is 0 Å². The molecule has 3 aromatic heterocycles. The predicted molar refractivity (Wildman–Crippen MR) is 74.4 cm³/mol. The van der Waals surface area contributed by atoms with E-state index in [9.17, 15) is 0 Å². The number of halogens is 1. The lowest BCUT2D eigenvalue weighted by Gasteiger charge is -2.04. The van der Waals surface area contributed by atoms with Crippen molar-refractivity contribution in [3.05, 3.63) is 48.4 Å². The van der Waals surface area contributed by atoms with Gasteiger partial charge in [0.1, 0.15) is 12.7 Å². The average Bonchev–Trinajstić information content (AvgIpc) is 3.16. The minimum absolute atomic E-state index is 0.0603. The minimum Gasteiger partial charge on any atom is -0.223 e. The van der Waals surface area contributed by atoms with Crippen LogP contribution in [0.5, 0.6) is 0 Å². The van der Waals surface area contributed by atoms with Crippen molar-refractivity contribution in [2.45, 2.75) is 0 Å². The second kappa shape index (κ2) is 4.60. The highest BCUT2D eigenvalue weighted by Gasteiger charge is 2.12. The molecule has 0 fully saturated rings. The highest BCUT2D eigenvalue weighted by Crippen LogP contribution is 2.16. The van der Waals surface area contributed by atoms with Gasteiger partial charge in [0.15, 0.2) is 0 Å². The first-order valence-electron chi connectivity index (χ1n) is 6.01. The molecule has 0 saturated carbocycles. The van der Waals surface area contributed by atoms with Gasteiger partial charge in [-0.2, -0.15) is 34.5 Å². The zero-order chi connectivity index (χ0) is 14.2. The van der Waals surface area contributed by atoms with Crippen molar-refractivity contribution in [1.29, 1.82) is 0 Å². The molecule has 4 rings (SSSR count). The van der Waals surface area contributed by atoms with Crippen molar-refractivity contribution < 1.29 is 0 Å². The van der Waals surface area contributed by atoms with Crippen LogP contribution in [0.2, 0.25) is 5.28 Å². The molecular weight excluding hydrogens is 292 g/mol. The van der Waals surface area contributed by atoms with E-state index in [1.54, 1.807) is 10.9 Å². The number of hydrogen-bond donors (Lipinski definition) is 0. The van der Waals surface area contributed by atoms with Crippen LogP contribution in [0.25, 0.3) is 22.8 Å². The minimum atomic E-state index is 0.0603. The monoisotopic (exact) mass is 298 g/mol. The van der Waals surface area contributed by atoms with Crippen LogP contribution in [-0.4, -0.2) is 39.5 Å². The van der Waals surface area contributed by atoms with Gasteiger partial charge < -0.3 is 0 Å². The van der Waals surface area contributed by atoms with Crippen LogP contribution in [-0.2, 0) is 0 Å². The fourth-order valence-electron chi connectivity index (χ4n) is 1.97. The summed E-state index contributed by atoms with van der Waals surface area (Å²) in [6.07, 6.45) is 4.61. The van der Waals surface area contributed by atoms with Crippen molar-refractivity contribution in [2.75, 3.05) is 0 Å². The van der Waals surface area contributed by atoms with Crippen molar-refractivity contribution in [1.82, 2.24) is 39.5 Å². The Hall–Kier alpha value is -2.87. The molecule has 0 bridgehead atoms. The second-order valence-electron chi connectivity index (χ2n) is 4.16. The molecule has 0 amide bonds. The smallest absolute Gasteiger partial charge is 0.223 e. The molecule has 0 radical (unpaired) electrons. The lowest BCUT2D eigenvalue weighted by atomic mass is 10.3. The van der Waals surface area contributed by atoms with Gasteiger partial charge in [-0.15, -0.1) is 0 Å². The fraction of sp³-hybridized carbons (Fsp3) is 0. The summed E-state index contributed by atoms with van der Waals surface area (Å²) in [5.41, 5.74) is 0.879. The van der Waals surface area contributed by atoms with Crippen LogP contribution in [0.15, 0.2) is 43.1 Å². The van der Waals surface area contributed by atoms with Crippen LogP contribution < -0.4 is 0 Å². The van der Waals surface area contributed by atoms with Crippen LogP contribution in [0.1, 0.15) is 0 Å². The topological polar surface area (TPSA) is 87.2 Å². The Balaban J connectivity index is 1.93. The average molecular weight is 299 g/mol. The molecule has 0 N–H and O–H groups in total. The Kier molecular flexibility index (Phi) is 2.61. The van der Waals surface area contributed by atoms with E-state index in [0.29, 0.717) is 5.95 Å². The molecule has 0 unspecified atom stereocenters. The standard InChI is InChI=1S/C12H7ClN8/c13-10-17-11(20-7-14-6-16-20)19-12(18-10)21-9-4-2-1-3-8(9)5-15-21/h1-7H. The predicted octanol–water partition coefficient (Wildman–Crippen LogP) is 1.44. The zero-order valence-electron chi connectivity index (χ0n) is 10.5. The van der Waals surface area contributed by atoms with E-state index in [1.165, 1.54) is 17.3 Å². The molecular formula is C12H7ClN8. The number of fused-ring (bicyclic) bond motifs is 1. The van der Waals surface area contributed by atoms with Crippen molar-refractivity contribution in [2.24, 2.45) is 0 Å². The molecule has 0 aliphatic carbocycles. The summed E-state index contributed by atoms with van der Waals surface area (Å²) in [6, 6.07) is 7.74. The number of hydrogen-bond acceptors (Lipinski definition) is 6. The normalized spacial score (nSPS) is 11.1. The highest BCUT2D eigenvalue weighted by molar-refractivity contribution is 6.28. The van der Waals surface area contributed by atoms with Gasteiger partial charge in [-0.05, 0) is 17.7 Å². The molecule has 4 aromatic rings. The molecule has 0 saturated heterocycles. The SMILES string of the molecule is Clc1nc(-n2cncn2)nc(-n2ncc3ccccc32)n1. The number of benzene rings is 1. The number of rotatable bonds is 2. The number of aromatic nitrogens is 8. The summed E-state index contributed by atoms with van der Waals surface area (Å²) >= 11 is 5.97. The molecule has 102 valence electrons. The molecule has 3 heterocycles. The van der Waals surface area contributed by atoms with Gasteiger partial charge in [-0.1, -0.05) is 18.2 Å². The van der Waals surface area contributed by atoms with Gasteiger partial charge in [0.2, 0.25) is 5.28 Å². The maximum absolute atomic E-state index is 5.97. The van der Waals surface area contributed by atoms with E-state index < -0.39 is 0 Å². The summed E-state index contributed by atoms with van der Waals surface area (Å²) in [5, 5.41) is 9.31. The van der Waals surface area contributed by atoms with E-state index in [4.69, 9.17) is 11.6 Å². The fourth-order valence-corrected chi connectivity index (χ4v) is 2.12. The molecule has 21 heavy (non-hydrogen) atoms. The largest absolute Gasteiger partial charge is 0.258 e. The van der Waals surface area contributed by atoms with E-state index in [-0.39, 0.29) is 11.2 Å². The van der Waals surface area contributed by atoms with Crippen molar-refractivity contribution >= 4 is 22.5 Å². The van der Waals surface area contributed by atoms with E-state index in [0.717, 1.165) is 10.9 Å². The number of nitrogens with zero attached hydrogens (tertiary/aromatic N) is 8. The number of para-hydroxylation sites is 1. The van der Waals surface area contributed by atoms with Gasteiger partial charge >= 0.3 is 0 Å². The first kappa shape index (κ1) is 11.9. The third-order valence-electron chi connectivity index (χ3n) is 2.87. The third-order valence-corrected chi connectivity index (χ3v) is 3.04. The molecule has 9 heteroatoms. The van der Waals surface area contributed by atoms with E-state index >= 15 is 0 Å². The van der Waals surface area contributed by atoms with E-state index in [1.807, 2.05) is 24.3 Å². The molecule has 0 spiro atoms. The Morgan fingerprint density at radius 2 is 1.81 bits per heavy atom. The Bertz CT molecular complexity index is 914. The maximum atomic E-state index is 5.97. The van der Waals surface area contributed by atoms with E-state index in [2.05, 4.69) is 30.1 Å². The Labute approximate surface area is 123 Å². The quantitative estimate of drug-likeness (QED) is 0.556. The van der Waals surface area contributed by atoms with Gasteiger partial charge in [-0.3, -0.25) is 0 Å². The van der Waals surface area contributed by atoms with Crippen LogP contribution in [0.4, 0.5) is 0 Å². The Morgan fingerprint density at radius 3 is 2.67 bits per heavy atom. The third kappa shape index (κ3) is 2.01. The van der Waals surface area contributed by atoms with Gasteiger partial charge in [0.05, 0.1) is 11.7 Å². The molecule has 0 aliphatic rings. The summed E-state index contributed by atoms with van der Waals surface area (Å²) in [6.45, 7) is 0. The van der Waals surface area contributed by atoms with Gasteiger partial charge in [-0.25, -0.2) is 4.98 Å². The first-order valence-corrected chi connectivity index (χ1v) is 6.39. The molecule has 8 nitrogen and oxygen atoms in total. The maximum Gasteiger partial charge on any atom is 0.258 e. The molecule has 0 aliphatic heterocycles. The first-order chi connectivity index (χ1) is 10.3. The van der Waals surface area contributed by atoms with Gasteiger partial charge in [0.25, 0.3) is 11.9 Å². The second-order valence-corrected chi connectivity index (χ2v) is 4.50. The molecule has 1 aromatic carbocycles. The Morgan fingerprint density at radius 1 is 0.952 bits per heavy atom. The summed E-state index contributed by atoms with van der Waals surface area (Å²) in [5.74, 6) is 0.601. The van der Waals surface area contributed by atoms with Gasteiger partial charge in [0, 0.05) is 5.39 Å². The van der Waals surface area contributed by atoms with Crippen molar-refractivity contribution in [3.63, 3.8) is 0 Å². The van der Waals surface area contributed by atoms with Crippen LogP contribution >= 0.6 is 11.6 Å². The van der Waals surface area contributed by atoms with Crippen LogP contribution in [0, 0.1) is 0 Å². The summed E-state index contributed by atoms with van der Waals surface area (Å²) in [7, 11) is 0. The zero-order valence-corrected chi connectivity index (χ0v) is 11.3. The summed E-state index contributed by atoms with van der Waals surface area (Å²) < 4.78 is 3.01. The lowest BCUT2D eigenvalue weighted by molar-refractivity contribution is 0.753.